The summed E-state index contributed by atoms with van der Waals surface area (Å²) in [6, 6.07) is 9.73. The van der Waals surface area contributed by atoms with E-state index in [9.17, 15) is 18.0 Å². The summed E-state index contributed by atoms with van der Waals surface area (Å²) in [6.45, 7) is 2.55. The second kappa shape index (κ2) is 9.96. The Morgan fingerprint density at radius 2 is 1.91 bits per heavy atom. The number of rotatable bonds is 8. The van der Waals surface area contributed by atoms with Gasteiger partial charge in [-0.25, -0.2) is 13.2 Å². The number of morpholine rings is 1. The topological polar surface area (TPSA) is 115 Å². The van der Waals surface area contributed by atoms with Crippen molar-refractivity contribution in [1.82, 2.24) is 9.29 Å². The van der Waals surface area contributed by atoms with Gasteiger partial charge in [-0.3, -0.25) is 4.79 Å². The molecule has 2 heterocycles. The van der Waals surface area contributed by atoms with Crippen molar-refractivity contribution in [2.24, 2.45) is 0 Å². The van der Waals surface area contributed by atoms with Crippen LogP contribution in [0.4, 0.5) is 0 Å². The fraction of sp³-hybridized carbons (Fsp3) is 0.333. The second-order valence-electron chi connectivity index (χ2n) is 7.78. The number of aromatic nitrogens is 1. The lowest BCUT2D eigenvalue weighted by molar-refractivity contribution is 0.0475. The molecular formula is C24H26N2O7S. The molecule has 3 aromatic rings. The van der Waals surface area contributed by atoms with Gasteiger partial charge in [-0.15, -0.1) is 0 Å². The van der Waals surface area contributed by atoms with Crippen LogP contribution >= 0.6 is 0 Å². The Labute approximate surface area is 197 Å². The van der Waals surface area contributed by atoms with Gasteiger partial charge >= 0.3 is 5.97 Å². The number of benzene rings is 2. The normalized spacial score (nSPS) is 14.8. The lowest BCUT2D eigenvalue weighted by Crippen LogP contribution is -2.40. The molecule has 2 aromatic carbocycles. The van der Waals surface area contributed by atoms with Crippen LogP contribution < -0.4 is 4.74 Å². The van der Waals surface area contributed by atoms with Gasteiger partial charge in [0.1, 0.15) is 10.6 Å². The Hall–Kier alpha value is -3.21. The summed E-state index contributed by atoms with van der Waals surface area (Å²) >= 11 is 0. The molecule has 34 heavy (non-hydrogen) atoms. The minimum atomic E-state index is -3.91. The molecule has 1 aliphatic heterocycles. The fourth-order valence-electron chi connectivity index (χ4n) is 3.97. The number of methoxy groups -OCH3 is 1. The zero-order valence-corrected chi connectivity index (χ0v) is 19.8. The van der Waals surface area contributed by atoms with Gasteiger partial charge in [0.15, 0.2) is 6.61 Å². The number of fused-ring (bicyclic) bond motifs is 1. The predicted octanol–water partition coefficient (Wildman–Crippen LogP) is 2.80. The Bertz CT molecular complexity index is 1320. The molecule has 1 N–H and O–H groups in total. The minimum absolute atomic E-state index is 0.00707. The molecule has 0 bridgehead atoms. The number of aromatic amines is 1. The highest BCUT2D eigenvalue weighted by Gasteiger charge is 2.30. The second-order valence-corrected chi connectivity index (χ2v) is 9.68. The fourth-order valence-corrected chi connectivity index (χ4v) is 5.56. The molecule has 10 heteroatoms. The van der Waals surface area contributed by atoms with E-state index in [1.54, 1.807) is 6.20 Å². The first-order chi connectivity index (χ1) is 16.4. The van der Waals surface area contributed by atoms with Crippen LogP contribution in [0, 0.1) is 0 Å². The molecule has 1 aromatic heterocycles. The molecule has 0 radical (unpaired) electrons. The number of nitrogens with one attached hydrogen (secondary N) is 1. The molecule has 0 aliphatic carbocycles. The summed E-state index contributed by atoms with van der Waals surface area (Å²) in [7, 11) is -2.55. The van der Waals surface area contributed by atoms with E-state index in [1.807, 2.05) is 25.1 Å². The van der Waals surface area contributed by atoms with Gasteiger partial charge in [0, 0.05) is 35.8 Å². The van der Waals surface area contributed by atoms with E-state index in [2.05, 4.69) is 4.98 Å². The van der Waals surface area contributed by atoms with Crippen molar-refractivity contribution in [3.8, 4) is 5.75 Å². The molecule has 1 saturated heterocycles. The summed E-state index contributed by atoms with van der Waals surface area (Å²) in [5, 5.41) is 0.767. The average molecular weight is 487 g/mol. The molecule has 0 amide bonds. The van der Waals surface area contributed by atoms with Crippen LogP contribution in [-0.2, 0) is 25.9 Å². The van der Waals surface area contributed by atoms with Crippen molar-refractivity contribution in [3.63, 3.8) is 0 Å². The maximum Gasteiger partial charge on any atom is 0.338 e. The third-order valence-corrected chi connectivity index (χ3v) is 7.72. The molecular weight excluding hydrogens is 460 g/mol. The van der Waals surface area contributed by atoms with Crippen LogP contribution in [0.2, 0.25) is 0 Å². The number of H-pyrrole nitrogens is 1. The maximum atomic E-state index is 13.1. The summed E-state index contributed by atoms with van der Waals surface area (Å²) in [6.07, 6.45) is 2.42. The van der Waals surface area contributed by atoms with E-state index in [0.717, 1.165) is 22.9 Å². The molecule has 0 unspecified atom stereocenters. The highest BCUT2D eigenvalue weighted by Crippen LogP contribution is 2.29. The number of hydrogen-bond donors (Lipinski definition) is 1. The molecule has 1 aliphatic rings. The summed E-state index contributed by atoms with van der Waals surface area (Å²) in [5.41, 5.74) is 2.41. The van der Waals surface area contributed by atoms with E-state index >= 15 is 0 Å². The third-order valence-electron chi connectivity index (χ3n) is 5.80. The SMILES string of the molecule is CCc1cccc2c(C(=O)COC(=O)c3ccc(OC)c(S(=O)(=O)N4CCOCC4)c3)c[nH]c12. The molecule has 9 nitrogen and oxygen atoms in total. The van der Waals surface area contributed by atoms with Crippen molar-refractivity contribution in [3.05, 3.63) is 59.3 Å². The standard InChI is InChI=1S/C24H26N2O7S/c1-3-16-5-4-6-18-19(14-25-23(16)18)20(27)15-33-24(28)17-7-8-21(31-2)22(13-17)34(29,30)26-9-11-32-12-10-26/h4-8,13-14,25H,3,9-12,15H2,1-2H3. The number of carbonyl (C=O) groups excluding carboxylic acids is 2. The van der Waals surface area contributed by atoms with Gasteiger partial charge in [-0.2, -0.15) is 4.31 Å². The first kappa shape index (κ1) is 23.9. The van der Waals surface area contributed by atoms with Crippen molar-refractivity contribution in [2.45, 2.75) is 18.2 Å². The molecule has 180 valence electrons. The number of para-hydroxylation sites is 1. The van der Waals surface area contributed by atoms with Crippen LogP contribution in [-0.4, -0.2) is 69.5 Å². The van der Waals surface area contributed by atoms with E-state index in [1.165, 1.54) is 29.6 Å². The summed E-state index contributed by atoms with van der Waals surface area (Å²) < 4.78 is 43.2. The van der Waals surface area contributed by atoms with Crippen molar-refractivity contribution >= 4 is 32.7 Å². The van der Waals surface area contributed by atoms with E-state index in [4.69, 9.17) is 14.2 Å². The van der Waals surface area contributed by atoms with Crippen LogP contribution in [0.3, 0.4) is 0 Å². The summed E-state index contributed by atoms with van der Waals surface area (Å²) in [5.74, 6) is -1.05. The number of ether oxygens (including phenoxy) is 3. The van der Waals surface area contributed by atoms with Crippen LogP contribution in [0.1, 0.15) is 33.2 Å². The van der Waals surface area contributed by atoms with Crippen molar-refractivity contribution < 1.29 is 32.2 Å². The lowest BCUT2D eigenvalue weighted by Gasteiger charge is -2.26. The quantitative estimate of drug-likeness (QED) is 0.385. The molecule has 1 fully saturated rings. The highest BCUT2D eigenvalue weighted by molar-refractivity contribution is 7.89. The van der Waals surface area contributed by atoms with Crippen LogP contribution in [0.25, 0.3) is 10.9 Å². The number of Topliss-reactive ketones (excluding diaryl/α,β-unsaturated/α-hetero) is 1. The third kappa shape index (κ3) is 4.56. The molecule has 0 atom stereocenters. The number of ketones is 1. The Kier molecular flexibility index (Phi) is 7.01. The van der Waals surface area contributed by atoms with E-state index < -0.39 is 22.6 Å². The van der Waals surface area contributed by atoms with Crippen LogP contribution in [0.15, 0.2) is 47.5 Å². The first-order valence-electron chi connectivity index (χ1n) is 10.9. The number of sulfonamides is 1. The van der Waals surface area contributed by atoms with Gasteiger partial charge in [0.05, 0.1) is 25.9 Å². The molecule has 4 rings (SSSR count). The Morgan fingerprint density at radius 3 is 2.62 bits per heavy atom. The van der Waals surface area contributed by atoms with Gasteiger partial charge in [0.2, 0.25) is 15.8 Å². The lowest BCUT2D eigenvalue weighted by atomic mass is 10.1. The van der Waals surface area contributed by atoms with Gasteiger partial charge < -0.3 is 19.2 Å². The largest absolute Gasteiger partial charge is 0.495 e. The van der Waals surface area contributed by atoms with Crippen molar-refractivity contribution in [2.75, 3.05) is 40.0 Å². The highest BCUT2D eigenvalue weighted by atomic mass is 32.2. The van der Waals surface area contributed by atoms with Gasteiger partial charge in [-0.05, 0) is 30.2 Å². The smallest absolute Gasteiger partial charge is 0.338 e. The Morgan fingerprint density at radius 1 is 1.15 bits per heavy atom. The minimum Gasteiger partial charge on any atom is -0.495 e. The van der Waals surface area contributed by atoms with E-state index in [-0.39, 0.29) is 35.1 Å². The number of esters is 1. The van der Waals surface area contributed by atoms with E-state index in [0.29, 0.717) is 18.8 Å². The number of carbonyl (C=O) groups is 2. The van der Waals surface area contributed by atoms with Crippen LogP contribution in [0.5, 0.6) is 5.75 Å². The number of aryl methyl sites for hydroxylation is 1. The predicted molar refractivity (Wildman–Crippen MR) is 125 cm³/mol. The molecule has 0 saturated carbocycles. The monoisotopic (exact) mass is 486 g/mol. The first-order valence-corrected chi connectivity index (χ1v) is 12.4. The molecule has 0 spiro atoms. The maximum absolute atomic E-state index is 13.1. The van der Waals surface area contributed by atoms with Crippen molar-refractivity contribution in [1.29, 1.82) is 0 Å². The number of hydrogen-bond acceptors (Lipinski definition) is 7. The number of nitrogens with zero attached hydrogens (tertiary/aromatic N) is 1. The summed E-state index contributed by atoms with van der Waals surface area (Å²) in [4.78, 5) is 28.4. The van der Waals surface area contributed by atoms with Gasteiger partial charge in [0.25, 0.3) is 0 Å². The zero-order chi connectivity index (χ0) is 24.3. The van der Waals surface area contributed by atoms with Gasteiger partial charge in [-0.1, -0.05) is 25.1 Å². The average Bonchev–Trinajstić information content (AvgIpc) is 3.31. The zero-order valence-electron chi connectivity index (χ0n) is 19.0. The Balaban J connectivity index is 1.52.